The normalized spacial score (nSPS) is 11.8. The summed E-state index contributed by atoms with van der Waals surface area (Å²) in [4.78, 5) is 6.94. The number of aromatic nitrogens is 2. The van der Waals surface area contributed by atoms with Crippen LogP contribution in [0.25, 0.3) is 22.6 Å². The van der Waals surface area contributed by atoms with E-state index in [1.807, 2.05) is 65.6 Å². The Balaban J connectivity index is 1.64. The largest absolute Gasteiger partial charge is 0.416 e. The lowest BCUT2D eigenvalue weighted by Crippen LogP contribution is -2.25. The van der Waals surface area contributed by atoms with Crippen LogP contribution in [-0.4, -0.2) is 14.5 Å². The second-order valence-electron chi connectivity index (χ2n) is 10.5. The molecule has 0 bridgehead atoms. The summed E-state index contributed by atoms with van der Waals surface area (Å²) < 4.78 is 71.9. The van der Waals surface area contributed by atoms with E-state index < -0.39 is 23.4 Å². The van der Waals surface area contributed by atoms with Gasteiger partial charge in [-0.15, -0.1) is 0 Å². The van der Waals surface area contributed by atoms with E-state index in [1.165, 1.54) is 18.2 Å². The van der Waals surface area contributed by atoms with E-state index in [0.29, 0.717) is 12.1 Å². The van der Waals surface area contributed by atoms with E-state index in [1.54, 1.807) is 6.07 Å². The van der Waals surface area contributed by atoms with Gasteiger partial charge in [0.05, 0.1) is 17.0 Å². The number of rotatable bonds is 11. The quantitative estimate of drug-likeness (QED) is 0.143. The highest BCUT2D eigenvalue weighted by atomic mass is 19.4. The summed E-state index contributed by atoms with van der Waals surface area (Å²) in [5.74, 6) is -1.16. The van der Waals surface area contributed by atoms with Gasteiger partial charge in [-0.3, -0.25) is 4.90 Å². The summed E-state index contributed by atoms with van der Waals surface area (Å²) in [6.07, 6.45) is -2.68. The third-order valence-electron chi connectivity index (χ3n) is 7.35. The molecule has 5 rings (SSSR count). The number of halogens is 5. The number of hydrogen-bond donors (Lipinski definition) is 0. The van der Waals surface area contributed by atoms with Crippen molar-refractivity contribution in [2.24, 2.45) is 0 Å². The lowest BCUT2D eigenvalue weighted by atomic mass is 10.1. The summed E-state index contributed by atoms with van der Waals surface area (Å²) in [6.45, 7) is 3.06. The molecule has 0 unspecified atom stereocenters. The fraction of sp³-hybridized carbons (Fsp3) is 0.229. The molecule has 0 N–H and O–H groups in total. The molecule has 0 saturated heterocycles. The van der Waals surface area contributed by atoms with Crippen molar-refractivity contribution in [2.75, 3.05) is 0 Å². The van der Waals surface area contributed by atoms with Crippen LogP contribution in [0.15, 0.2) is 103 Å². The third kappa shape index (κ3) is 7.20. The van der Waals surface area contributed by atoms with Crippen molar-refractivity contribution in [3.05, 3.63) is 137 Å². The highest BCUT2D eigenvalue weighted by molar-refractivity contribution is 5.68. The number of unbranched alkanes of at least 4 members (excludes halogenated alkanes) is 1. The van der Waals surface area contributed by atoms with Gasteiger partial charge in [0.1, 0.15) is 5.82 Å². The van der Waals surface area contributed by atoms with E-state index in [0.717, 1.165) is 59.4 Å². The van der Waals surface area contributed by atoms with Crippen molar-refractivity contribution in [2.45, 2.75) is 52.1 Å². The van der Waals surface area contributed by atoms with Crippen LogP contribution in [0.2, 0.25) is 0 Å². The van der Waals surface area contributed by atoms with Crippen LogP contribution in [0.3, 0.4) is 0 Å². The number of imidazole rings is 1. The Morgan fingerprint density at radius 3 is 2.09 bits per heavy atom. The number of nitrogens with zero attached hydrogens (tertiary/aromatic N) is 3. The smallest absolute Gasteiger partial charge is 0.326 e. The van der Waals surface area contributed by atoms with Crippen LogP contribution in [0.5, 0.6) is 0 Å². The van der Waals surface area contributed by atoms with Crippen LogP contribution in [0.1, 0.15) is 42.1 Å². The topological polar surface area (TPSA) is 21.1 Å². The molecule has 0 saturated carbocycles. The summed E-state index contributed by atoms with van der Waals surface area (Å²) in [5.41, 5.74) is 3.19. The average Bonchev–Trinajstić information content (AvgIpc) is 3.36. The molecular weight excluding hydrogens is 557 g/mol. The van der Waals surface area contributed by atoms with Crippen molar-refractivity contribution in [3.8, 4) is 22.6 Å². The first-order valence-electron chi connectivity index (χ1n) is 14.3. The van der Waals surface area contributed by atoms with E-state index in [-0.39, 0.29) is 25.2 Å². The molecule has 0 spiro atoms. The molecule has 8 heteroatoms. The van der Waals surface area contributed by atoms with Gasteiger partial charge >= 0.3 is 6.18 Å². The lowest BCUT2D eigenvalue weighted by molar-refractivity contribution is -0.137. The number of benzene rings is 4. The zero-order valence-electron chi connectivity index (χ0n) is 23.8. The maximum absolute atomic E-state index is 14.9. The van der Waals surface area contributed by atoms with Crippen LogP contribution in [-0.2, 0) is 32.4 Å². The van der Waals surface area contributed by atoms with E-state index in [2.05, 4.69) is 11.5 Å². The van der Waals surface area contributed by atoms with Crippen molar-refractivity contribution in [1.82, 2.24) is 14.5 Å². The standard InChI is InChI=1S/C35H32F5N3/c1-2-3-20-43-31(33(26-13-6-4-7-14-26)41-34(43)27-15-8-5-9-16-27)24-42(23-28-17-11-19-30(36)32(28)37)22-25-12-10-18-29(21-25)35(38,39)40/h4-19,21H,2-3,20,22-24H2,1H3. The van der Waals surface area contributed by atoms with Crippen LogP contribution in [0, 0.1) is 11.6 Å². The zero-order chi connectivity index (χ0) is 30.4. The Bertz CT molecular complexity index is 1650. The summed E-state index contributed by atoms with van der Waals surface area (Å²) in [6, 6.07) is 28.6. The Kier molecular flexibility index (Phi) is 9.36. The van der Waals surface area contributed by atoms with E-state index in [9.17, 15) is 22.0 Å². The van der Waals surface area contributed by atoms with Crippen LogP contribution < -0.4 is 0 Å². The molecule has 0 radical (unpaired) electrons. The molecule has 5 aromatic rings. The SMILES string of the molecule is CCCCn1c(-c2ccccc2)nc(-c2ccccc2)c1CN(Cc1cccc(C(F)(F)F)c1)Cc1cccc(F)c1F. The average molecular weight is 590 g/mol. The monoisotopic (exact) mass is 589 g/mol. The van der Waals surface area contributed by atoms with E-state index >= 15 is 0 Å². The predicted molar refractivity (Wildman–Crippen MR) is 159 cm³/mol. The Labute approximate surface area is 248 Å². The molecule has 222 valence electrons. The highest BCUT2D eigenvalue weighted by Crippen LogP contribution is 2.33. The van der Waals surface area contributed by atoms with Crippen molar-refractivity contribution in [3.63, 3.8) is 0 Å². The number of alkyl halides is 3. The van der Waals surface area contributed by atoms with Crippen molar-refractivity contribution >= 4 is 0 Å². The minimum absolute atomic E-state index is 0.0201. The summed E-state index contributed by atoms with van der Waals surface area (Å²) in [5, 5.41) is 0. The maximum atomic E-state index is 14.9. The minimum Gasteiger partial charge on any atom is -0.326 e. The predicted octanol–water partition coefficient (Wildman–Crippen LogP) is 9.52. The highest BCUT2D eigenvalue weighted by Gasteiger charge is 2.30. The molecule has 0 aliphatic rings. The number of hydrogen-bond acceptors (Lipinski definition) is 2. The van der Waals surface area contributed by atoms with Gasteiger partial charge in [0.25, 0.3) is 0 Å². The lowest BCUT2D eigenvalue weighted by Gasteiger charge is -2.25. The van der Waals surface area contributed by atoms with E-state index in [4.69, 9.17) is 4.98 Å². The van der Waals surface area contributed by atoms with Gasteiger partial charge in [0, 0.05) is 42.9 Å². The maximum Gasteiger partial charge on any atom is 0.416 e. The zero-order valence-corrected chi connectivity index (χ0v) is 23.8. The molecule has 0 aliphatic carbocycles. The molecular formula is C35H32F5N3. The second-order valence-corrected chi connectivity index (χ2v) is 10.5. The van der Waals surface area contributed by atoms with Gasteiger partial charge in [-0.2, -0.15) is 13.2 Å². The van der Waals surface area contributed by atoms with Crippen molar-refractivity contribution in [1.29, 1.82) is 0 Å². The summed E-state index contributed by atoms with van der Waals surface area (Å²) in [7, 11) is 0. The summed E-state index contributed by atoms with van der Waals surface area (Å²) >= 11 is 0. The molecule has 0 atom stereocenters. The molecule has 1 aromatic heterocycles. The molecule has 0 fully saturated rings. The van der Waals surface area contributed by atoms with Gasteiger partial charge in [-0.1, -0.05) is 104 Å². The molecule has 4 aromatic carbocycles. The fourth-order valence-electron chi connectivity index (χ4n) is 5.23. The van der Waals surface area contributed by atoms with Gasteiger partial charge in [-0.05, 0) is 24.1 Å². The van der Waals surface area contributed by atoms with Gasteiger partial charge < -0.3 is 4.57 Å². The molecule has 43 heavy (non-hydrogen) atoms. The Hall–Kier alpha value is -4.30. The third-order valence-corrected chi connectivity index (χ3v) is 7.35. The second kappa shape index (κ2) is 13.3. The van der Waals surface area contributed by atoms with Crippen LogP contribution in [0.4, 0.5) is 22.0 Å². The molecule has 3 nitrogen and oxygen atoms in total. The molecule has 0 amide bonds. The Morgan fingerprint density at radius 2 is 1.42 bits per heavy atom. The minimum atomic E-state index is -4.50. The Morgan fingerprint density at radius 1 is 0.744 bits per heavy atom. The van der Waals surface area contributed by atoms with Gasteiger partial charge in [0.2, 0.25) is 0 Å². The van der Waals surface area contributed by atoms with Gasteiger partial charge in [-0.25, -0.2) is 13.8 Å². The first-order chi connectivity index (χ1) is 20.7. The first kappa shape index (κ1) is 30.2. The fourth-order valence-corrected chi connectivity index (χ4v) is 5.23. The first-order valence-corrected chi connectivity index (χ1v) is 14.3. The molecule has 0 aliphatic heterocycles. The van der Waals surface area contributed by atoms with Crippen LogP contribution >= 0.6 is 0 Å². The molecule has 1 heterocycles. The van der Waals surface area contributed by atoms with Crippen molar-refractivity contribution < 1.29 is 22.0 Å². The van der Waals surface area contributed by atoms with Gasteiger partial charge in [0.15, 0.2) is 11.6 Å².